The molecule has 3 rings (SSSR count). The van der Waals surface area contributed by atoms with Crippen LogP contribution in [0.1, 0.15) is 28.9 Å². The summed E-state index contributed by atoms with van der Waals surface area (Å²) >= 11 is 0. The van der Waals surface area contributed by atoms with Gasteiger partial charge in [-0.25, -0.2) is 4.68 Å². The maximum atomic E-state index is 12.2. The highest BCUT2D eigenvalue weighted by molar-refractivity contribution is 5.91. The fourth-order valence-corrected chi connectivity index (χ4v) is 3.04. The molecule has 1 saturated heterocycles. The molecule has 0 bridgehead atoms. The molecule has 1 fully saturated rings. The number of hydrogen-bond acceptors (Lipinski definition) is 6. The lowest BCUT2D eigenvalue weighted by molar-refractivity contribution is 0.0930. The first-order valence-electron chi connectivity index (χ1n) is 8.71. The average molecular weight is 360 g/mol. The first-order chi connectivity index (χ1) is 12.7. The fraction of sp³-hybridized carbons (Fsp3) is 0.500. The standard InChI is InChI=1S/C18H24N4O4/c1-24-16-7-3-5-13(17(16)25-2)8-9-19-18(23)15-12-22(21-20-15)11-14-6-4-10-26-14/h3,5,7,12,14H,4,6,8-11H2,1-2H3,(H,19,23). The van der Waals surface area contributed by atoms with E-state index in [0.717, 1.165) is 25.0 Å². The largest absolute Gasteiger partial charge is 0.493 e. The molecule has 140 valence electrons. The van der Waals surface area contributed by atoms with Crippen LogP contribution in [0.3, 0.4) is 0 Å². The third kappa shape index (κ3) is 4.32. The summed E-state index contributed by atoms with van der Waals surface area (Å²) < 4.78 is 17.9. The van der Waals surface area contributed by atoms with Gasteiger partial charge in [0.25, 0.3) is 5.91 Å². The van der Waals surface area contributed by atoms with Gasteiger partial charge in [0.1, 0.15) is 0 Å². The minimum atomic E-state index is -0.245. The minimum Gasteiger partial charge on any atom is -0.493 e. The molecule has 1 unspecified atom stereocenters. The van der Waals surface area contributed by atoms with E-state index >= 15 is 0 Å². The van der Waals surface area contributed by atoms with Gasteiger partial charge in [-0.15, -0.1) is 5.10 Å². The lowest BCUT2D eigenvalue weighted by atomic mass is 10.1. The number of hydrogen-bond donors (Lipinski definition) is 1. The predicted molar refractivity (Wildman–Crippen MR) is 94.6 cm³/mol. The number of para-hydroxylation sites is 1. The molecule has 2 heterocycles. The average Bonchev–Trinajstić information content (AvgIpc) is 3.33. The quantitative estimate of drug-likeness (QED) is 0.767. The van der Waals surface area contributed by atoms with E-state index in [4.69, 9.17) is 14.2 Å². The lowest BCUT2D eigenvalue weighted by Crippen LogP contribution is -2.26. The van der Waals surface area contributed by atoms with Crippen molar-refractivity contribution < 1.29 is 19.0 Å². The molecular weight excluding hydrogens is 336 g/mol. The van der Waals surface area contributed by atoms with E-state index < -0.39 is 0 Å². The Morgan fingerprint density at radius 1 is 1.38 bits per heavy atom. The van der Waals surface area contributed by atoms with E-state index in [0.29, 0.717) is 36.7 Å². The number of nitrogens with zero attached hydrogens (tertiary/aromatic N) is 3. The zero-order valence-corrected chi connectivity index (χ0v) is 15.1. The highest BCUT2D eigenvalue weighted by Crippen LogP contribution is 2.30. The van der Waals surface area contributed by atoms with Crippen LogP contribution in [-0.2, 0) is 17.7 Å². The summed E-state index contributed by atoms with van der Waals surface area (Å²) in [4.78, 5) is 12.2. The summed E-state index contributed by atoms with van der Waals surface area (Å²) in [6.07, 6.45) is 4.52. The number of ether oxygens (including phenoxy) is 3. The Bertz CT molecular complexity index is 741. The van der Waals surface area contributed by atoms with Gasteiger partial charge in [-0.05, 0) is 30.9 Å². The van der Waals surface area contributed by atoms with Crippen LogP contribution in [0.15, 0.2) is 24.4 Å². The number of carbonyl (C=O) groups excluding carboxylic acids is 1. The van der Waals surface area contributed by atoms with Crippen LogP contribution in [-0.4, -0.2) is 54.4 Å². The van der Waals surface area contributed by atoms with Gasteiger partial charge in [0.2, 0.25) is 0 Å². The Balaban J connectivity index is 1.52. The number of benzene rings is 1. The summed E-state index contributed by atoms with van der Waals surface area (Å²) in [5.41, 5.74) is 1.27. The lowest BCUT2D eigenvalue weighted by Gasteiger charge is -2.12. The fourth-order valence-electron chi connectivity index (χ4n) is 3.04. The topological polar surface area (TPSA) is 87.5 Å². The van der Waals surface area contributed by atoms with Crippen LogP contribution < -0.4 is 14.8 Å². The smallest absolute Gasteiger partial charge is 0.273 e. The second-order valence-electron chi connectivity index (χ2n) is 6.12. The van der Waals surface area contributed by atoms with Crippen molar-refractivity contribution in [3.8, 4) is 11.5 Å². The maximum absolute atomic E-state index is 12.2. The van der Waals surface area contributed by atoms with Gasteiger partial charge in [-0.2, -0.15) is 0 Å². The van der Waals surface area contributed by atoms with Crippen molar-refractivity contribution in [1.29, 1.82) is 0 Å². The molecule has 8 heteroatoms. The van der Waals surface area contributed by atoms with Crippen LogP contribution in [0.25, 0.3) is 0 Å². The summed E-state index contributed by atoms with van der Waals surface area (Å²) in [6, 6.07) is 5.69. The van der Waals surface area contributed by atoms with Gasteiger partial charge in [-0.1, -0.05) is 17.3 Å². The van der Waals surface area contributed by atoms with Crippen molar-refractivity contribution in [3.63, 3.8) is 0 Å². The second-order valence-corrected chi connectivity index (χ2v) is 6.12. The van der Waals surface area contributed by atoms with E-state index in [-0.39, 0.29) is 12.0 Å². The molecule has 0 aliphatic carbocycles. The van der Waals surface area contributed by atoms with Gasteiger partial charge >= 0.3 is 0 Å². The van der Waals surface area contributed by atoms with Crippen molar-refractivity contribution in [2.24, 2.45) is 0 Å². The van der Waals surface area contributed by atoms with E-state index in [1.165, 1.54) is 0 Å². The monoisotopic (exact) mass is 360 g/mol. The number of amides is 1. The molecule has 1 atom stereocenters. The highest BCUT2D eigenvalue weighted by atomic mass is 16.5. The zero-order valence-electron chi connectivity index (χ0n) is 15.1. The molecule has 1 aromatic heterocycles. The molecule has 1 N–H and O–H groups in total. The molecule has 1 aliphatic heterocycles. The van der Waals surface area contributed by atoms with E-state index in [2.05, 4.69) is 15.6 Å². The van der Waals surface area contributed by atoms with Crippen LogP contribution in [0.4, 0.5) is 0 Å². The molecule has 0 saturated carbocycles. The van der Waals surface area contributed by atoms with Crippen molar-refractivity contribution in [3.05, 3.63) is 35.7 Å². The van der Waals surface area contributed by atoms with Crippen molar-refractivity contribution in [2.45, 2.75) is 31.9 Å². The Hall–Kier alpha value is -2.61. The van der Waals surface area contributed by atoms with Gasteiger partial charge in [0.05, 0.1) is 33.1 Å². The number of methoxy groups -OCH3 is 2. The Morgan fingerprint density at radius 3 is 3.00 bits per heavy atom. The van der Waals surface area contributed by atoms with Crippen LogP contribution >= 0.6 is 0 Å². The summed E-state index contributed by atoms with van der Waals surface area (Å²) in [5.74, 6) is 1.12. The maximum Gasteiger partial charge on any atom is 0.273 e. The predicted octanol–water partition coefficient (Wildman–Crippen LogP) is 1.45. The Kier molecular flexibility index (Phi) is 6.06. The number of rotatable bonds is 8. The molecule has 8 nitrogen and oxygen atoms in total. The minimum absolute atomic E-state index is 0.160. The summed E-state index contributed by atoms with van der Waals surface area (Å²) in [7, 11) is 3.20. The molecule has 0 radical (unpaired) electrons. The molecule has 2 aromatic rings. The Labute approximate surface area is 152 Å². The highest BCUT2D eigenvalue weighted by Gasteiger charge is 2.18. The van der Waals surface area contributed by atoms with Crippen molar-refractivity contribution >= 4 is 5.91 Å². The van der Waals surface area contributed by atoms with E-state index in [1.54, 1.807) is 25.1 Å². The van der Waals surface area contributed by atoms with Crippen molar-refractivity contribution in [2.75, 3.05) is 27.4 Å². The summed E-state index contributed by atoms with van der Waals surface area (Å²) in [5, 5.41) is 10.8. The molecule has 1 amide bonds. The number of nitrogens with one attached hydrogen (secondary N) is 1. The number of aromatic nitrogens is 3. The van der Waals surface area contributed by atoms with Crippen LogP contribution in [0, 0.1) is 0 Å². The van der Waals surface area contributed by atoms with Gasteiger partial charge < -0.3 is 19.5 Å². The second kappa shape index (κ2) is 8.66. The Morgan fingerprint density at radius 2 is 2.27 bits per heavy atom. The molecule has 1 aliphatic rings. The first-order valence-corrected chi connectivity index (χ1v) is 8.71. The first kappa shape index (κ1) is 18.2. The summed E-state index contributed by atoms with van der Waals surface area (Å²) in [6.45, 7) is 1.88. The van der Waals surface area contributed by atoms with E-state index in [1.807, 2.05) is 18.2 Å². The van der Waals surface area contributed by atoms with Gasteiger partial charge in [-0.3, -0.25) is 4.79 Å². The van der Waals surface area contributed by atoms with Crippen molar-refractivity contribution in [1.82, 2.24) is 20.3 Å². The normalized spacial score (nSPS) is 16.5. The van der Waals surface area contributed by atoms with Gasteiger partial charge in [0, 0.05) is 13.2 Å². The van der Waals surface area contributed by atoms with Crippen LogP contribution in [0.2, 0.25) is 0 Å². The third-order valence-electron chi connectivity index (χ3n) is 4.35. The van der Waals surface area contributed by atoms with Gasteiger partial charge in [0.15, 0.2) is 17.2 Å². The zero-order chi connectivity index (χ0) is 18.4. The van der Waals surface area contributed by atoms with E-state index in [9.17, 15) is 4.79 Å². The molecule has 1 aromatic carbocycles. The molecule has 26 heavy (non-hydrogen) atoms. The van der Waals surface area contributed by atoms with Crippen LogP contribution in [0.5, 0.6) is 11.5 Å². The molecule has 0 spiro atoms. The third-order valence-corrected chi connectivity index (χ3v) is 4.35. The SMILES string of the molecule is COc1cccc(CCNC(=O)c2cn(CC3CCCO3)nn2)c1OC. The number of carbonyl (C=O) groups is 1. The molecular formula is C18H24N4O4.